The smallest absolute Gasteiger partial charge is 0.0811 e. The van der Waals surface area contributed by atoms with Crippen LogP contribution in [0.3, 0.4) is 0 Å². The normalized spacial score (nSPS) is 43.8. The van der Waals surface area contributed by atoms with Gasteiger partial charge in [0.05, 0.1) is 5.66 Å². The summed E-state index contributed by atoms with van der Waals surface area (Å²) in [7, 11) is 2.07. The fourth-order valence-electron chi connectivity index (χ4n) is 1.23. The zero-order valence-corrected chi connectivity index (χ0v) is 7.02. The lowest BCUT2D eigenvalue weighted by molar-refractivity contribution is 0.0711. The average molecular weight is 143 g/mol. The first-order valence-corrected chi connectivity index (χ1v) is 3.78. The van der Waals surface area contributed by atoms with Crippen LogP contribution in [0.15, 0.2) is 0 Å². The summed E-state index contributed by atoms with van der Waals surface area (Å²) in [4.78, 5) is 2.19. The van der Waals surface area contributed by atoms with E-state index >= 15 is 0 Å². The number of rotatable bonds is 0. The fraction of sp³-hybridized carbons (Fsp3) is 1.00. The van der Waals surface area contributed by atoms with Gasteiger partial charge in [-0.15, -0.1) is 0 Å². The van der Waals surface area contributed by atoms with Gasteiger partial charge in [-0.3, -0.25) is 4.90 Å². The molecule has 1 saturated heterocycles. The third-order valence-corrected chi connectivity index (χ3v) is 2.60. The Morgan fingerprint density at radius 3 is 2.70 bits per heavy atom. The molecule has 2 unspecified atom stereocenters. The number of hydrogen-bond donors (Lipinski definition) is 2. The van der Waals surface area contributed by atoms with E-state index in [0.717, 1.165) is 13.1 Å². The molecule has 0 aromatic rings. The minimum Gasteiger partial charge on any atom is -0.312 e. The number of nitrogens with zero attached hydrogens (tertiary/aromatic N) is 1. The molecule has 0 bridgehead atoms. The van der Waals surface area contributed by atoms with Gasteiger partial charge in [-0.1, -0.05) is 0 Å². The molecule has 1 heterocycles. The van der Waals surface area contributed by atoms with Crippen molar-refractivity contribution in [3.63, 3.8) is 0 Å². The van der Waals surface area contributed by atoms with Crippen LogP contribution < -0.4 is 11.1 Å². The van der Waals surface area contributed by atoms with Crippen molar-refractivity contribution < 1.29 is 0 Å². The van der Waals surface area contributed by atoms with E-state index in [1.807, 2.05) is 0 Å². The van der Waals surface area contributed by atoms with Crippen LogP contribution in [0.1, 0.15) is 13.8 Å². The largest absolute Gasteiger partial charge is 0.312 e. The molecular weight excluding hydrogens is 126 g/mol. The van der Waals surface area contributed by atoms with Crippen LogP contribution in [0.25, 0.3) is 0 Å². The van der Waals surface area contributed by atoms with Crippen molar-refractivity contribution >= 4 is 0 Å². The van der Waals surface area contributed by atoms with Crippen LogP contribution in [-0.2, 0) is 0 Å². The highest BCUT2D eigenvalue weighted by Crippen LogP contribution is 2.13. The number of nitrogens with one attached hydrogen (secondary N) is 1. The van der Waals surface area contributed by atoms with Crippen molar-refractivity contribution in [1.82, 2.24) is 10.2 Å². The van der Waals surface area contributed by atoms with Gasteiger partial charge in [0.2, 0.25) is 0 Å². The highest BCUT2D eigenvalue weighted by atomic mass is 15.3. The Balaban J connectivity index is 2.63. The van der Waals surface area contributed by atoms with Crippen molar-refractivity contribution in [3.8, 4) is 0 Å². The molecule has 0 aliphatic carbocycles. The Kier molecular flexibility index (Phi) is 1.99. The first kappa shape index (κ1) is 7.98. The number of nitrogens with two attached hydrogens (primary N) is 1. The minimum atomic E-state index is -0.182. The van der Waals surface area contributed by atoms with Crippen LogP contribution in [0, 0.1) is 0 Å². The standard InChI is InChI=1S/C7H17N3/c1-6-7(2,8)10(3)5-4-9-6/h6,9H,4-5,8H2,1-3H3. The Hall–Kier alpha value is -0.120. The molecule has 1 rings (SSSR count). The molecule has 0 aromatic heterocycles. The van der Waals surface area contributed by atoms with E-state index in [9.17, 15) is 0 Å². The highest BCUT2D eigenvalue weighted by molar-refractivity contribution is 4.91. The average Bonchev–Trinajstić information content (AvgIpc) is 1.84. The fourth-order valence-corrected chi connectivity index (χ4v) is 1.23. The van der Waals surface area contributed by atoms with Crippen molar-refractivity contribution in [2.45, 2.75) is 25.6 Å². The highest BCUT2D eigenvalue weighted by Gasteiger charge is 2.33. The van der Waals surface area contributed by atoms with E-state index in [2.05, 4.69) is 31.1 Å². The number of piperazine rings is 1. The van der Waals surface area contributed by atoms with Crippen LogP contribution in [-0.4, -0.2) is 36.7 Å². The minimum absolute atomic E-state index is 0.182. The van der Waals surface area contributed by atoms with Crippen LogP contribution in [0.4, 0.5) is 0 Å². The van der Waals surface area contributed by atoms with E-state index in [1.54, 1.807) is 0 Å². The molecule has 0 radical (unpaired) electrons. The van der Waals surface area contributed by atoms with Gasteiger partial charge in [0.25, 0.3) is 0 Å². The third kappa shape index (κ3) is 1.17. The van der Waals surface area contributed by atoms with E-state index < -0.39 is 0 Å². The van der Waals surface area contributed by atoms with Gasteiger partial charge in [0.1, 0.15) is 0 Å². The maximum Gasteiger partial charge on any atom is 0.0811 e. The van der Waals surface area contributed by atoms with Crippen molar-refractivity contribution in [3.05, 3.63) is 0 Å². The number of hydrogen-bond acceptors (Lipinski definition) is 3. The molecular formula is C7H17N3. The second-order valence-corrected chi connectivity index (χ2v) is 3.32. The van der Waals surface area contributed by atoms with Gasteiger partial charge in [-0.05, 0) is 20.9 Å². The van der Waals surface area contributed by atoms with E-state index in [0.29, 0.717) is 6.04 Å². The maximum absolute atomic E-state index is 6.03. The summed E-state index contributed by atoms with van der Waals surface area (Å²) in [5.41, 5.74) is 5.85. The molecule has 1 aliphatic heterocycles. The molecule has 3 N–H and O–H groups in total. The van der Waals surface area contributed by atoms with E-state index in [4.69, 9.17) is 5.73 Å². The second kappa shape index (κ2) is 2.49. The molecule has 3 nitrogen and oxygen atoms in total. The van der Waals surface area contributed by atoms with Crippen LogP contribution >= 0.6 is 0 Å². The summed E-state index contributed by atoms with van der Waals surface area (Å²) in [6, 6.07) is 0.381. The SMILES string of the molecule is CC1NCCN(C)C1(C)N. The Bertz CT molecular complexity index is 110. The lowest BCUT2D eigenvalue weighted by Gasteiger charge is -2.44. The van der Waals surface area contributed by atoms with Crippen molar-refractivity contribution in [2.75, 3.05) is 20.1 Å². The summed E-state index contributed by atoms with van der Waals surface area (Å²) in [5, 5.41) is 3.34. The van der Waals surface area contributed by atoms with Gasteiger partial charge >= 0.3 is 0 Å². The predicted octanol–water partition coefficient (Wildman–Crippen LogP) is -0.415. The predicted molar refractivity (Wildman–Crippen MR) is 42.7 cm³/mol. The molecule has 3 heteroatoms. The summed E-state index contributed by atoms with van der Waals surface area (Å²) in [6.07, 6.45) is 0. The first-order valence-electron chi connectivity index (χ1n) is 3.78. The van der Waals surface area contributed by atoms with Gasteiger partial charge in [0.15, 0.2) is 0 Å². The quantitative estimate of drug-likeness (QED) is 0.484. The zero-order chi connectivity index (χ0) is 7.78. The molecule has 10 heavy (non-hydrogen) atoms. The molecule has 1 aliphatic rings. The van der Waals surface area contributed by atoms with Gasteiger partial charge in [-0.25, -0.2) is 0 Å². The molecule has 0 aromatic carbocycles. The molecule has 0 saturated carbocycles. The van der Waals surface area contributed by atoms with Gasteiger partial charge in [0, 0.05) is 19.1 Å². The zero-order valence-electron chi connectivity index (χ0n) is 7.02. The second-order valence-electron chi connectivity index (χ2n) is 3.32. The van der Waals surface area contributed by atoms with Crippen LogP contribution in [0.2, 0.25) is 0 Å². The Labute approximate surface area is 62.6 Å². The van der Waals surface area contributed by atoms with E-state index in [-0.39, 0.29) is 5.66 Å². The third-order valence-electron chi connectivity index (χ3n) is 2.60. The van der Waals surface area contributed by atoms with Gasteiger partial charge in [-0.2, -0.15) is 0 Å². The molecule has 60 valence electrons. The first-order chi connectivity index (χ1) is 4.55. The molecule has 0 spiro atoms. The topological polar surface area (TPSA) is 41.3 Å². The Morgan fingerprint density at radius 1 is 1.70 bits per heavy atom. The summed E-state index contributed by atoms with van der Waals surface area (Å²) >= 11 is 0. The lowest BCUT2D eigenvalue weighted by atomic mass is 10.0. The molecule has 1 fully saturated rings. The monoisotopic (exact) mass is 143 g/mol. The summed E-state index contributed by atoms with van der Waals surface area (Å²) < 4.78 is 0. The summed E-state index contributed by atoms with van der Waals surface area (Å²) in [5.74, 6) is 0. The van der Waals surface area contributed by atoms with Gasteiger partial charge < -0.3 is 11.1 Å². The number of likely N-dealkylation sites (N-methyl/N-ethyl adjacent to an activating group) is 1. The lowest BCUT2D eigenvalue weighted by Crippen LogP contribution is -2.68. The Morgan fingerprint density at radius 2 is 2.30 bits per heavy atom. The summed E-state index contributed by atoms with van der Waals surface area (Å²) in [6.45, 7) is 6.27. The van der Waals surface area contributed by atoms with Crippen LogP contribution in [0.5, 0.6) is 0 Å². The maximum atomic E-state index is 6.03. The van der Waals surface area contributed by atoms with Crippen molar-refractivity contribution in [2.24, 2.45) is 5.73 Å². The molecule has 2 atom stereocenters. The molecule has 0 amide bonds. The van der Waals surface area contributed by atoms with Crippen molar-refractivity contribution in [1.29, 1.82) is 0 Å². The van der Waals surface area contributed by atoms with E-state index in [1.165, 1.54) is 0 Å².